The fourth-order valence-electron chi connectivity index (χ4n) is 1.88. The minimum atomic E-state index is -0.406. The van der Waals surface area contributed by atoms with Crippen LogP contribution in [0.3, 0.4) is 0 Å². The van der Waals surface area contributed by atoms with E-state index in [1.54, 1.807) is 25.2 Å². The van der Waals surface area contributed by atoms with E-state index in [-0.39, 0.29) is 11.2 Å². The van der Waals surface area contributed by atoms with Gasteiger partial charge in [0.25, 0.3) is 0 Å². The van der Waals surface area contributed by atoms with Crippen LogP contribution in [0.5, 0.6) is 5.75 Å². The Labute approximate surface area is 124 Å². The van der Waals surface area contributed by atoms with Crippen LogP contribution in [0.2, 0.25) is 0 Å². The molecule has 0 unspecified atom stereocenters. The van der Waals surface area contributed by atoms with Crippen LogP contribution in [-0.2, 0) is 5.41 Å². The molecule has 1 heterocycles. The maximum atomic E-state index is 13.9. The molecule has 21 heavy (non-hydrogen) atoms. The van der Waals surface area contributed by atoms with E-state index in [9.17, 15) is 4.39 Å². The van der Waals surface area contributed by atoms with E-state index in [2.05, 4.69) is 15.3 Å². The van der Waals surface area contributed by atoms with Gasteiger partial charge in [0.1, 0.15) is 11.6 Å². The SMILES string of the molecule is CNc1cc(-c2ccc(OC)c(F)c2)nc(C(C)(C)C)n1. The predicted molar refractivity (Wildman–Crippen MR) is 82.2 cm³/mol. The molecule has 5 heteroatoms. The first-order chi connectivity index (χ1) is 9.85. The van der Waals surface area contributed by atoms with Crippen LogP contribution in [0.1, 0.15) is 26.6 Å². The van der Waals surface area contributed by atoms with Gasteiger partial charge in [-0.15, -0.1) is 0 Å². The highest BCUT2D eigenvalue weighted by molar-refractivity contribution is 5.63. The van der Waals surface area contributed by atoms with Crippen molar-refractivity contribution in [2.75, 3.05) is 19.5 Å². The predicted octanol–water partition coefficient (Wildman–Crippen LogP) is 3.63. The summed E-state index contributed by atoms with van der Waals surface area (Å²) in [7, 11) is 3.24. The number of methoxy groups -OCH3 is 1. The molecule has 112 valence electrons. The summed E-state index contributed by atoms with van der Waals surface area (Å²) in [4.78, 5) is 9.03. The van der Waals surface area contributed by atoms with Crippen molar-refractivity contribution < 1.29 is 9.13 Å². The Morgan fingerprint density at radius 2 is 1.86 bits per heavy atom. The third-order valence-electron chi connectivity index (χ3n) is 3.10. The molecule has 0 spiro atoms. The molecule has 0 saturated heterocycles. The van der Waals surface area contributed by atoms with Crippen molar-refractivity contribution in [3.05, 3.63) is 35.9 Å². The monoisotopic (exact) mass is 289 g/mol. The zero-order chi connectivity index (χ0) is 15.6. The first kappa shape index (κ1) is 15.2. The van der Waals surface area contributed by atoms with Crippen molar-refractivity contribution in [2.45, 2.75) is 26.2 Å². The number of aromatic nitrogens is 2. The second-order valence-corrected chi connectivity index (χ2v) is 5.81. The van der Waals surface area contributed by atoms with Gasteiger partial charge in [0.15, 0.2) is 11.6 Å². The molecular formula is C16H20FN3O. The standard InChI is InChI=1S/C16H20FN3O/c1-16(2,3)15-19-12(9-14(18-4)20-15)10-6-7-13(21-5)11(17)8-10/h6-9H,1-5H3,(H,18,19,20). The molecule has 2 aromatic rings. The summed E-state index contributed by atoms with van der Waals surface area (Å²) < 4.78 is 18.8. The Hall–Kier alpha value is -2.17. The van der Waals surface area contributed by atoms with E-state index in [0.717, 1.165) is 0 Å². The van der Waals surface area contributed by atoms with Gasteiger partial charge >= 0.3 is 0 Å². The molecule has 1 N–H and O–H groups in total. The first-order valence-electron chi connectivity index (χ1n) is 6.76. The van der Waals surface area contributed by atoms with Gasteiger partial charge < -0.3 is 10.1 Å². The average Bonchev–Trinajstić information content (AvgIpc) is 2.45. The van der Waals surface area contributed by atoms with Crippen LogP contribution >= 0.6 is 0 Å². The molecule has 0 atom stereocenters. The summed E-state index contributed by atoms with van der Waals surface area (Å²) in [5.41, 5.74) is 1.19. The largest absolute Gasteiger partial charge is 0.494 e. The van der Waals surface area contributed by atoms with Crippen LogP contribution in [0.4, 0.5) is 10.2 Å². The molecule has 0 aliphatic rings. The number of nitrogens with one attached hydrogen (secondary N) is 1. The molecular weight excluding hydrogens is 269 g/mol. The van der Waals surface area contributed by atoms with Crippen molar-refractivity contribution in [1.82, 2.24) is 9.97 Å². The molecule has 0 aliphatic carbocycles. The van der Waals surface area contributed by atoms with E-state index in [1.165, 1.54) is 13.2 Å². The van der Waals surface area contributed by atoms with Crippen LogP contribution in [0, 0.1) is 5.82 Å². The third kappa shape index (κ3) is 3.29. The van der Waals surface area contributed by atoms with Crippen LogP contribution in [0.15, 0.2) is 24.3 Å². The molecule has 0 radical (unpaired) electrons. The Kier molecular flexibility index (Phi) is 4.11. The summed E-state index contributed by atoms with van der Waals surface area (Å²) in [5.74, 6) is 1.23. The lowest BCUT2D eigenvalue weighted by molar-refractivity contribution is 0.386. The number of anilines is 1. The topological polar surface area (TPSA) is 47.0 Å². The second-order valence-electron chi connectivity index (χ2n) is 5.81. The number of hydrogen-bond donors (Lipinski definition) is 1. The van der Waals surface area contributed by atoms with Gasteiger partial charge in [-0.2, -0.15) is 0 Å². The maximum Gasteiger partial charge on any atom is 0.165 e. The summed E-state index contributed by atoms with van der Waals surface area (Å²) in [6, 6.07) is 6.61. The normalized spacial score (nSPS) is 11.3. The lowest BCUT2D eigenvalue weighted by Crippen LogP contribution is -2.17. The van der Waals surface area contributed by atoms with Gasteiger partial charge in [0, 0.05) is 24.1 Å². The van der Waals surface area contributed by atoms with Gasteiger partial charge in [0.05, 0.1) is 12.8 Å². The highest BCUT2D eigenvalue weighted by atomic mass is 19.1. The number of rotatable bonds is 3. The lowest BCUT2D eigenvalue weighted by Gasteiger charge is -2.18. The van der Waals surface area contributed by atoms with Gasteiger partial charge in [0.2, 0.25) is 0 Å². The van der Waals surface area contributed by atoms with Crippen molar-refractivity contribution in [2.24, 2.45) is 0 Å². The molecule has 2 rings (SSSR count). The Morgan fingerprint density at radius 3 is 2.38 bits per heavy atom. The number of nitrogens with zero attached hydrogens (tertiary/aromatic N) is 2. The molecule has 1 aromatic carbocycles. The van der Waals surface area contributed by atoms with E-state index < -0.39 is 5.82 Å². The highest BCUT2D eigenvalue weighted by Crippen LogP contribution is 2.28. The van der Waals surface area contributed by atoms with Crippen molar-refractivity contribution in [1.29, 1.82) is 0 Å². The minimum Gasteiger partial charge on any atom is -0.494 e. The lowest BCUT2D eigenvalue weighted by atomic mass is 9.95. The van der Waals surface area contributed by atoms with Gasteiger partial charge in [-0.25, -0.2) is 14.4 Å². The highest BCUT2D eigenvalue weighted by Gasteiger charge is 2.19. The van der Waals surface area contributed by atoms with Crippen molar-refractivity contribution in [3.8, 4) is 17.0 Å². The maximum absolute atomic E-state index is 13.9. The summed E-state index contributed by atoms with van der Waals surface area (Å²) in [5, 5.41) is 3.02. The molecule has 1 aromatic heterocycles. The van der Waals surface area contributed by atoms with Crippen LogP contribution < -0.4 is 10.1 Å². The molecule has 4 nitrogen and oxygen atoms in total. The van der Waals surface area contributed by atoms with Gasteiger partial charge in [-0.1, -0.05) is 20.8 Å². The minimum absolute atomic E-state index is 0.188. The third-order valence-corrected chi connectivity index (χ3v) is 3.10. The Balaban J connectivity index is 2.55. The zero-order valence-electron chi connectivity index (χ0n) is 13.0. The average molecular weight is 289 g/mol. The summed E-state index contributed by atoms with van der Waals surface area (Å²) in [6.45, 7) is 6.13. The smallest absolute Gasteiger partial charge is 0.165 e. The van der Waals surface area contributed by atoms with Crippen LogP contribution in [0.25, 0.3) is 11.3 Å². The number of hydrogen-bond acceptors (Lipinski definition) is 4. The van der Waals surface area contributed by atoms with Crippen molar-refractivity contribution in [3.63, 3.8) is 0 Å². The first-order valence-corrected chi connectivity index (χ1v) is 6.76. The van der Waals surface area contributed by atoms with E-state index in [4.69, 9.17) is 4.74 Å². The zero-order valence-corrected chi connectivity index (χ0v) is 13.0. The van der Waals surface area contributed by atoms with Gasteiger partial charge in [-0.3, -0.25) is 0 Å². The second kappa shape index (κ2) is 5.68. The van der Waals surface area contributed by atoms with Crippen molar-refractivity contribution >= 4 is 5.82 Å². The molecule has 0 saturated carbocycles. The fourth-order valence-corrected chi connectivity index (χ4v) is 1.88. The molecule has 0 aliphatic heterocycles. The van der Waals surface area contributed by atoms with E-state index in [1.807, 2.05) is 20.8 Å². The Morgan fingerprint density at radius 1 is 1.14 bits per heavy atom. The Bertz CT molecular complexity index is 650. The van der Waals surface area contributed by atoms with Crippen LogP contribution in [-0.4, -0.2) is 24.1 Å². The van der Waals surface area contributed by atoms with E-state index >= 15 is 0 Å². The molecule has 0 bridgehead atoms. The number of halogens is 1. The summed E-state index contributed by atoms with van der Waals surface area (Å²) >= 11 is 0. The number of benzene rings is 1. The van der Waals surface area contributed by atoms with E-state index in [0.29, 0.717) is 22.9 Å². The molecule has 0 amide bonds. The quantitative estimate of drug-likeness (QED) is 0.937. The molecule has 0 fully saturated rings. The fraction of sp³-hybridized carbons (Fsp3) is 0.375. The summed E-state index contributed by atoms with van der Waals surface area (Å²) in [6.07, 6.45) is 0. The number of ether oxygens (including phenoxy) is 1. The van der Waals surface area contributed by atoms with Gasteiger partial charge in [-0.05, 0) is 18.2 Å².